The van der Waals surface area contributed by atoms with Crippen LogP contribution in [0.4, 0.5) is 5.69 Å². The normalized spacial score (nSPS) is 12.2. The molecule has 2 N–H and O–H groups in total. The number of phenols is 1. The molecule has 0 bridgehead atoms. The van der Waals surface area contributed by atoms with E-state index in [2.05, 4.69) is 4.72 Å². The molecule has 0 saturated heterocycles. The molecule has 2 aromatic rings. The van der Waals surface area contributed by atoms with Crippen molar-refractivity contribution in [2.24, 2.45) is 0 Å². The number of rotatable bonds is 3. The lowest BCUT2D eigenvalue weighted by Crippen LogP contribution is -2.16. The number of hydrogen-bond donors (Lipinski definition) is 2. The second-order valence-corrected chi connectivity index (χ2v) is 8.04. The highest BCUT2D eigenvalue weighted by atomic mass is 32.2. The van der Waals surface area contributed by atoms with E-state index in [-0.39, 0.29) is 21.7 Å². The molecule has 0 saturated carbocycles. The largest absolute Gasteiger partial charge is 0.506 e. The first kappa shape index (κ1) is 16.4. The van der Waals surface area contributed by atoms with Crippen molar-refractivity contribution in [1.29, 1.82) is 0 Å². The Bertz CT molecular complexity index is 776. The van der Waals surface area contributed by atoms with Gasteiger partial charge in [0.2, 0.25) is 0 Å². The standard InChI is InChI=1S/C17H21NO3S/c1-12-10-16(19)15(11-14(12)17(2,3)4)18-22(20,21)13-8-6-5-7-9-13/h5-11,18-19H,1-4H3. The van der Waals surface area contributed by atoms with E-state index >= 15 is 0 Å². The Morgan fingerprint density at radius 1 is 1.05 bits per heavy atom. The Morgan fingerprint density at radius 3 is 2.18 bits per heavy atom. The van der Waals surface area contributed by atoms with Crippen LogP contribution >= 0.6 is 0 Å². The third-order valence-corrected chi connectivity index (χ3v) is 4.83. The number of benzene rings is 2. The molecule has 0 aliphatic heterocycles. The molecule has 5 heteroatoms. The molecule has 2 rings (SSSR count). The summed E-state index contributed by atoms with van der Waals surface area (Å²) in [7, 11) is -3.72. The number of nitrogens with one attached hydrogen (secondary N) is 1. The zero-order valence-electron chi connectivity index (χ0n) is 13.2. The van der Waals surface area contributed by atoms with Gasteiger partial charge in [-0.25, -0.2) is 8.42 Å². The van der Waals surface area contributed by atoms with Crippen molar-refractivity contribution in [3.8, 4) is 5.75 Å². The number of anilines is 1. The fraction of sp³-hybridized carbons (Fsp3) is 0.294. The molecular formula is C17H21NO3S. The topological polar surface area (TPSA) is 66.4 Å². The first-order chi connectivity index (χ1) is 10.1. The van der Waals surface area contributed by atoms with Gasteiger partial charge >= 0.3 is 0 Å². The molecule has 0 aliphatic carbocycles. The zero-order chi connectivity index (χ0) is 16.5. The summed E-state index contributed by atoms with van der Waals surface area (Å²) in [5, 5.41) is 10.1. The van der Waals surface area contributed by atoms with Crippen LogP contribution in [0.2, 0.25) is 0 Å². The molecule has 118 valence electrons. The molecule has 0 atom stereocenters. The average molecular weight is 319 g/mol. The molecule has 0 heterocycles. The van der Waals surface area contributed by atoms with Crippen LogP contribution in [0.1, 0.15) is 31.9 Å². The molecule has 0 aliphatic rings. The highest BCUT2D eigenvalue weighted by Gasteiger charge is 2.21. The molecule has 0 aromatic heterocycles. The van der Waals surface area contributed by atoms with Gasteiger partial charge in [-0.3, -0.25) is 4.72 Å². The van der Waals surface area contributed by atoms with Crippen molar-refractivity contribution in [2.45, 2.75) is 38.0 Å². The highest BCUT2D eigenvalue weighted by Crippen LogP contribution is 2.34. The summed E-state index contributed by atoms with van der Waals surface area (Å²) in [6.45, 7) is 8.03. The van der Waals surface area contributed by atoms with E-state index < -0.39 is 10.0 Å². The Labute approximate surface area is 131 Å². The van der Waals surface area contributed by atoms with Crippen molar-refractivity contribution in [1.82, 2.24) is 0 Å². The first-order valence-electron chi connectivity index (χ1n) is 7.03. The minimum absolute atomic E-state index is 0.0787. The van der Waals surface area contributed by atoms with Crippen LogP contribution < -0.4 is 4.72 Å². The molecule has 0 spiro atoms. The summed E-state index contributed by atoms with van der Waals surface area (Å²) in [5.74, 6) is -0.0787. The average Bonchev–Trinajstić information content (AvgIpc) is 2.41. The van der Waals surface area contributed by atoms with Gasteiger partial charge < -0.3 is 5.11 Å². The molecule has 0 radical (unpaired) electrons. The van der Waals surface area contributed by atoms with Crippen molar-refractivity contribution in [2.75, 3.05) is 4.72 Å². The zero-order valence-corrected chi connectivity index (χ0v) is 14.0. The Kier molecular flexibility index (Phi) is 4.20. The van der Waals surface area contributed by atoms with E-state index in [0.717, 1.165) is 11.1 Å². The van der Waals surface area contributed by atoms with Crippen LogP contribution in [0.3, 0.4) is 0 Å². The predicted octanol–water partition coefficient (Wildman–Crippen LogP) is 3.80. The van der Waals surface area contributed by atoms with E-state index in [0.29, 0.717) is 0 Å². The van der Waals surface area contributed by atoms with Crippen molar-refractivity contribution < 1.29 is 13.5 Å². The number of hydrogen-bond acceptors (Lipinski definition) is 3. The van der Waals surface area contributed by atoms with Crippen LogP contribution in [0.5, 0.6) is 5.75 Å². The van der Waals surface area contributed by atoms with Gasteiger partial charge in [-0.05, 0) is 47.7 Å². The maximum absolute atomic E-state index is 12.4. The molecule has 2 aromatic carbocycles. The Hall–Kier alpha value is -2.01. The van der Waals surface area contributed by atoms with E-state index in [1.54, 1.807) is 30.3 Å². The van der Waals surface area contributed by atoms with E-state index in [1.807, 2.05) is 27.7 Å². The highest BCUT2D eigenvalue weighted by molar-refractivity contribution is 7.92. The number of phenolic OH excluding ortho intramolecular Hbond substituents is 1. The van der Waals surface area contributed by atoms with Crippen LogP contribution in [0, 0.1) is 6.92 Å². The fourth-order valence-electron chi connectivity index (χ4n) is 2.39. The number of sulfonamides is 1. The summed E-state index contributed by atoms with van der Waals surface area (Å²) < 4.78 is 27.2. The van der Waals surface area contributed by atoms with Crippen molar-refractivity contribution in [3.63, 3.8) is 0 Å². The molecule has 0 unspecified atom stereocenters. The van der Waals surface area contributed by atoms with E-state index in [4.69, 9.17) is 0 Å². The first-order valence-corrected chi connectivity index (χ1v) is 8.51. The fourth-order valence-corrected chi connectivity index (χ4v) is 3.47. The SMILES string of the molecule is Cc1cc(O)c(NS(=O)(=O)c2ccccc2)cc1C(C)(C)C. The monoisotopic (exact) mass is 319 g/mol. The van der Waals surface area contributed by atoms with Gasteiger partial charge in [0.25, 0.3) is 10.0 Å². The smallest absolute Gasteiger partial charge is 0.262 e. The lowest BCUT2D eigenvalue weighted by atomic mass is 9.84. The maximum atomic E-state index is 12.4. The summed E-state index contributed by atoms with van der Waals surface area (Å²) in [6.07, 6.45) is 0. The third-order valence-electron chi connectivity index (χ3n) is 3.45. The van der Waals surface area contributed by atoms with Crippen LogP contribution in [0.25, 0.3) is 0 Å². The molecule has 4 nitrogen and oxygen atoms in total. The van der Waals surface area contributed by atoms with Crippen LogP contribution in [-0.4, -0.2) is 13.5 Å². The third kappa shape index (κ3) is 3.42. The summed E-state index contributed by atoms with van der Waals surface area (Å²) in [6, 6.07) is 11.4. The number of aromatic hydroxyl groups is 1. The molecular weight excluding hydrogens is 298 g/mol. The van der Waals surface area contributed by atoms with Gasteiger partial charge in [0, 0.05) is 0 Å². The number of aryl methyl sites for hydroxylation is 1. The van der Waals surface area contributed by atoms with Crippen molar-refractivity contribution >= 4 is 15.7 Å². The van der Waals surface area contributed by atoms with Gasteiger partial charge in [-0.2, -0.15) is 0 Å². The molecule has 0 fully saturated rings. The Morgan fingerprint density at radius 2 is 1.64 bits per heavy atom. The van der Waals surface area contributed by atoms with E-state index in [1.165, 1.54) is 12.1 Å². The quantitative estimate of drug-likeness (QED) is 0.846. The Balaban J connectivity index is 2.46. The van der Waals surface area contributed by atoms with Gasteiger partial charge in [-0.1, -0.05) is 39.0 Å². The minimum Gasteiger partial charge on any atom is -0.506 e. The van der Waals surface area contributed by atoms with Gasteiger partial charge in [0.1, 0.15) is 5.75 Å². The summed E-state index contributed by atoms with van der Waals surface area (Å²) in [5.41, 5.74) is 1.95. The maximum Gasteiger partial charge on any atom is 0.262 e. The second kappa shape index (κ2) is 5.65. The van der Waals surface area contributed by atoms with Crippen LogP contribution in [-0.2, 0) is 15.4 Å². The molecule has 22 heavy (non-hydrogen) atoms. The second-order valence-electron chi connectivity index (χ2n) is 6.35. The van der Waals surface area contributed by atoms with Crippen molar-refractivity contribution in [3.05, 3.63) is 53.6 Å². The lowest BCUT2D eigenvalue weighted by Gasteiger charge is -2.23. The van der Waals surface area contributed by atoms with Gasteiger partial charge in [0.05, 0.1) is 10.6 Å². The summed E-state index contributed by atoms with van der Waals surface area (Å²) in [4.78, 5) is 0.160. The predicted molar refractivity (Wildman–Crippen MR) is 88.8 cm³/mol. The van der Waals surface area contributed by atoms with Gasteiger partial charge in [0.15, 0.2) is 0 Å². The minimum atomic E-state index is -3.72. The molecule has 0 amide bonds. The lowest BCUT2D eigenvalue weighted by molar-refractivity contribution is 0.475. The summed E-state index contributed by atoms with van der Waals surface area (Å²) >= 11 is 0. The van der Waals surface area contributed by atoms with Gasteiger partial charge in [-0.15, -0.1) is 0 Å². The van der Waals surface area contributed by atoms with Crippen LogP contribution in [0.15, 0.2) is 47.4 Å². The van der Waals surface area contributed by atoms with E-state index in [9.17, 15) is 13.5 Å².